The molecule has 2 rings (SSSR count). The number of rotatable bonds is 2. The third kappa shape index (κ3) is 2.33. The van der Waals surface area contributed by atoms with Crippen molar-refractivity contribution in [1.82, 2.24) is 0 Å². The highest BCUT2D eigenvalue weighted by Crippen LogP contribution is 2.28. The highest BCUT2D eigenvalue weighted by atomic mass is 79.9. The van der Waals surface area contributed by atoms with Gasteiger partial charge < -0.3 is 5.73 Å². The first-order valence-electron chi connectivity index (χ1n) is 4.84. The van der Waals surface area contributed by atoms with Gasteiger partial charge in [0.2, 0.25) is 0 Å². The molecule has 0 aromatic heterocycles. The summed E-state index contributed by atoms with van der Waals surface area (Å²) < 4.78 is 1.21. The van der Waals surface area contributed by atoms with Crippen molar-refractivity contribution in [2.24, 2.45) is 11.7 Å². The summed E-state index contributed by atoms with van der Waals surface area (Å²) in [4.78, 5) is 0. The lowest BCUT2D eigenvalue weighted by molar-refractivity contribution is 0.514. The van der Waals surface area contributed by atoms with Crippen LogP contribution >= 0.6 is 27.7 Å². The van der Waals surface area contributed by atoms with Crippen LogP contribution in [0.3, 0.4) is 0 Å². The van der Waals surface area contributed by atoms with Crippen LogP contribution in [0.25, 0.3) is 0 Å². The number of halogens is 1. The van der Waals surface area contributed by atoms with Gasteiger partial charge in [-0.05, 0) is 29.7 Å². The summed E-state index contributed by atoms with van der Waals surface area (Å²) in [5.41, 5.74) is 7.43. The van der Waals surface area contributed by atoms with Gasteiger partial charge >= 0.3 is 0 Å². The third-order valence-corrected chi connectivity index (χ3v) is 4.75. The fraction of sp³-hybridized carbons (Fsp3) is 0.455. The standard InChI is InChI=1S/C11H14BrNS/c12-10-4-2-1-3-8(10)5-9-6-14-7-11(9)13/h1-4,9,11H,5-7,13H2. The van der Waals surface area contributed by atoms with Gasteiger partial charge in [0.1, 0.15) is 0 Å². The maximum absolute atomic E-state index is 6.04. The van der Waals surface area contributed by atoms with E-state index in [9.17, 15) is 0 Å². The zero-order valence-corrected chi connectivity index (χ0v) is 10.4. The predicted octanol–water partition coefficient (Wildman–Crippen LogP) is 2.68. The van der Waals surface area contributed by atoms with Crippen LogP contribution in [0.4, 0.5) is 0 Å². The van der Waals surface area contributed by atoms with Gasteiger partial charge in [-0.1, -0.05) is 34.1 Å². The van der Waals surface area contributed by atoms with E-state index in [2.05, 4.69) is 40.2 Å². The average molecular weight is 272 g/mol. The molecule has 0 amide bonds. The Morgan fingerprint density at radius 3 is 2.79 bits per heavy atom. The molecule has 1 nitrogen and oxygen atoms in total. The highest BCUT2D eigenvalue weighted by Gasteiger charge is 2.24. The predicted molar refractivity (Wildman–Crippen MR) is 66.6 cm³/mol. The second-order valence-corrected chi connectivity index (χ2v) is 5.69. The number of benzene rings is 1. The zero-order chi connectivity index (χ0) is 9.97. The molecule has 1 aromatic rings. The summed E-state index contributed by atoms with van der Waals surface area (Å²) in [5.74, 6) is 2.98. The minimum atomic E-state index is 0.382. The molecule has 2 N–H and O–H groups in total. The van der Waals surface area contributed by atoms with Crippen molar-refractivity contribution in [3.63, 3.8) is 0 Å². The second-order valence-electron chi connectivity index (χ2n) is 3.76. The topological polar surface area (TPSA) is 26.0 Å². The second kappa shape index (κ2) is 4.69. The quantitative estimate of drug-likeness (QED) is 0.895. The molecular weight excluding hydrogens is 258 g/mol. The van der Waals surface area contributed by atoms with Gasteiger partial charge in [0, 0.05) is 16.3 Å². The van der Waals surface area contributed by atoms with E-state index in [1.165, 1.54) is 15.8 Å². The van der Waals surface area contributed by atoms with Crippen LogP contribution in [0.5, 0.6) is 0 Å². The summed E-state index contributed by atoms with van der Waals surface area (Å²) >= 11 is 5.55. The van der Waals surface area contributed by atoms with E-state index in [0.29, 0.717) is 12.0 Å². The summed E-state index contributed by atoms with van der Waals surface area (Å²) in [6.45, 7) is 0. The van der Waals surface area contributed by atoms with Crippen LogP contribution in [-0.2, 0) is 6.42 Å². The average Bonchev–Trinajstić information content (AvgIpc) is 2.56. The molecule has 76 valence electrons. The Labute approximate surface area is 97.6 Å². The minimum Gasteiger partial charge on any atom is -0.327 e. The third-order valence-electron chi connectivity index (χ3n) is 2.69. The fourth-order valence-corrected chi connectivity index (χ4v) is 3.57. The molecular formula is C11H14BrNS. The van der Waals surface area contributed by atoms with E-state index in [-0.39, 0.29) is 0 Å². The van der Waals surface area contributed by atoms with Crippen molar-refractivity contribution in [1.29, 1.82) is 0 Å². The molecule has 2 atom stereocenters. The molecule has 14 heavy (non-hydrogen) atoms. The fourth-order valence-electron chi connectivity index (χ4n) is 1.77. The summed E-state index contributed by atoms with van der Waals surface area (Å²) in [6.07, 6.45) is 1.11. The van der Waals surface area contributed by atoms with Crippen molar-refractivity contribution in [3.05, 3.63) is 34.3 Å². The molecule has 0 radical (unpaired) electrons. The molecule has 0 spiro atoms. The first-order valence-corrected chi connectivity index (χ1v) is 6.79. The van der Waals surface area contributed by atoms with Crippen LogP contribution < -0.4 is 5.73 Å². The molecule has 2 unspecified atom stereocenters. The maximum Gasteiger partial charge on any atom is 0.0207 e. The molecule has 0 aliphatic carbocycles. The molecule has 1 aliphatic rings. The summed E-state index contributed by atoms with van der Waals surface area (Å²) in [7, 11) is 0. The van der Waals surface area contributed by atoms with Gasteiger partial charge in [0.25, 0.3) is 0 Å². The van der Waals surface area contributed by atoms with Gasteiger partial charge in [-0.2, -0.15) is 11.8 Å². The Kier molecular flexibility index (Phi) is 3.52. The van der Waals surface area contributed by atoms with Crippen LogP contribution in [0.1, 0.15) is 5.56 Å². The molecule has 3 heteroatoms. The molecule has 1 aliphatic heterocycles. The highest BCUT2D eigenvalue weighted by molar-refractivity contribution is 9.10. The molecule has 1 saturated heterocycles. The Hall–Kier alpha value is 0.01000. The maximum atomic E-state index is 6.04. The van der Waals surface area contributed by atoms with Gasteiger partial charge in [-0.3, -0.25) is 0 Å². The van der Waals surface area contributed by atoms with E-state index < -0.39 is 0 Å². The Balaban J connectivity index is 2.07. The van der Waals surface area contributed by atoms with Gasteiger partial charge in [0.05, 0.1) is 0 Å². The van der Waals surface area contributed by atoms with E-state index in [4.69, 9.17) is 5.73 Å². The molecule has 0 saturated carbocycles. The van der Waals surface area contributed by atoms with Crippen molar-refractivity contribution in [2.45, 2.75) is 12.5 Å². The van der Waals surface area contributed by atoms with Crippen LogP contribution in [-0.4, -0.2) is 17.5 Å². The number of nitrogens with two attached hydrogens (primary N) is 1. The normalized spacial score (nSPS) is 26.7. The lowest BCUT2D eigenvalue weighted by Gasteiger charge is -2.14. The summed E-state index contributed by atoms with van der Waals surface area (Å²) in [5, 5.41) is 0. The lowest BCUT2D eigenvalue weighted by Crippen LogP contribution is -2.29. The number of hydrogen-bond donors (Lipinski definition) is 1. The number of thioether (sulfide) groups is 1. The lowest BCUT2D eigenvalue weighted by atomic mass is 9.96. The smallest absolute Gasteiger partial charge is 0.0207 e. The van der Waals surface area contributed by atoms with Crippen LogP contribution in [0, 0.1) is 5.92 Å². The SMILES string of the molecule is NC1CSCC1Cc1ccccc1Br. The summed E-state index contributed by atoms with van der Waals surface area (Å²) in [6, 6.07) is 8.81. The van der Waals surface area contributed by atoms with Gasteiger partial charge in [-0.25, -0.2) is 0 Å². The first kappa shape index (κ1) is 10.5. The zero-order valence-electron chi connectivity index (χ0n) is 7.95. The van der Waals surface area contributed by atoms with Crippen LogP contribution in [0.15, 0.2) is 28.7 Å². The van der Waals surface area contributed by atoms with Crippen molar-refractivity contribution >= 4 is 27.7 Å². The molecule has 1 fully saturated rings. The Bertz CT molecular complexity index is 316. The monoisotopic (exact) mass is 271 g/mol. The van der Waals surface area contributed by atoms with E-state index >= 15 is 0 Å². The van der Waals surface area contributed by atoms with Crippen LogP contribution in [0.2, 0.25) is 0 Å². The van der Waals surface area contributed by atoms with E-state index in [1.807, 2.05) is 11.8 Å². The number of hydrogen-bond acceptors (Lipinski definition) is 2. The minimum absolute atomic E-state index is 0.382. The largest absolute Gasteiger partial charge is 0.327 e. The Morgan fingerprint density at radius 1 is 1.36 bits per heavy atom. The first-order chi connectivity index (χ1) is 6.77. The van der Waals surface area contributed by atoms with Crippen molar-refractivity contribution < 1.29 is 0 Å². The van der Waals surface area contributed by atoms with Crippen molar-refractivity contribution in [3.8, 4) is 0 Å². The molecule has 1 heterocycles. The van der Waals surface area contributed by atoms with Gasteiger partial charge in [0.15, 0.2) is 0 Å². The van der Waals surface area contributed by atoms with E-state index in [1.54, 1.807) is 0 Å². The Morgan fingerprint density at radius 2 is 2.14 bits per heavy atom. The van der Waals surface area contributed by atoms with E-state index in [0.717, 1.165) is 12.2 Å². The van der Waals surface area contributed by atoms with Crippen molar-refractivity contribution in [2.75, 3.05) is 11.5 Å². The molecule has 0 bridgehead atoms. The molecule has 1 aromatic carbocycles. The van der Waals surface area contributed by atoms with Gasteiger partial charge in [-0.15, -0.1) is 0 Å².